The Bertz CT molecular complexity index is 393. The van der Waals surface area contributed by atoms with Crippen LogP contribution in [0.5, 0.6) is 5.75 Å². The van der Waals surface area contributed by atoms with Gasteiger partial charge in [-0.05, 0) is 43.7 Å². The second-order valence-corrected chi connectivity index (χ2v) is 4.31. The first-order valence-corrected chi connectivity index (χ1v) is 6.68. The smallest absolute Gasteiger partial charge is 0.170 e. The third-order valence-electron chi connectivity index (χ3n) is 2.76. The highest BCUT2D eigenvalue weighted by Gasteiger charge is 1.99. The largest absolute Gasteiger partial charge is 0.492 e. The van der Waals surface area contributed by atoms with Crippen LogP contribution in [0.3, 0.4) is 0 Å². The second kappa shape index (κ2) is 10.1. The van der Waals surface area contributed by atoms with Gasteiger partial charge in [0.2, 0.25) is 0 Å². The van der Waals surface area contributed by atoms with Crippen molar-refractivity contribution in [1.82, 2.24) is 5.32 Å². The minimum atomic E-state index is 0.0919. The van der Waals surface area contributed by atoms with Gasteiger partial charge in [0.1, 0.15) is 12.4 Å². The summed E-state index contributed by atoms with van der Waals surface area (Å²) in [5, 5.41) is 14.8. The quantitative estimate of drug-likeness (QED) is 0.197. The Kier molecular flexibility index (Phi) is 8.17. The van der Waals surface area contributed by atoms with E-state index < -0.39 is 0 Å². The minimum Gasteiger partial charge on any atom is -0.492 e. The molecule has 0 amide bonds. The van der Waals surface area contributed by atoms with Gasteiger partial charge >= 0.3 is 0 Å². The van der Waals surface area contributed by atoms with Crippen molar-refractivity contribution in [1.29, 1.82) is 0 Å². The summed E-state index contributed by atoms with van der Waals surface area (Å²) in [6.45, 7) is 3.18. The monoisotopic (exact) mass is 281 g/mol. The first-order valence-electron chi connectivity index (χ1n) is 6.68. The maximum atomic E-state index is 8.55. The first kappa shape index (κ1) is 16.3. The summed E-state index contributed by atoms with van der Waals surface area (Å²) < 4.78 is 10.5. The van der Waals surface area contributed by atoms with Crippen LogP contribution in [-0.4, -0.2) is 44.5 Å². The van der Waals surface area contributed by atoms with E-state index in [1.807, 2.05) is 0 Å². The van der Waals surface area contributed by atoms with E-state index in [0.717, 1.165) is 38.3 Å². The van der Waals surface area contributed by atoms with Crippen LogP contribution in [0.2, 0.25) is 0 Å². The number of hydrogen-bond donors (Lipinski definition) is 3. The lowest BCUT2D eigenvalue weighted by molar-refractivity contribution is 0.192. The number of nitrogens with zero attached hydrogens (tertiary/aromatic N) is 1. The molecule has 6 heteroatoms. The van der Waals surface area contributed by atoms with Crippen LogP contribution in [0.4, 0.5) is 0 Å². The zero-order chi connectivity index (χ0) is 14.6. The molecule has 1 rings (SSSR count). The lowest BCUT2D eigenvalue weighted by Gasteiger charge is -2.08. The Labute approximate surface area is 119 Å². The van der Waals surface area contributed by atoms with E-state index in [1.165, 1.54) is 0 Å². The van der Waals surface area contributed by atoms with Crippen LogP contribution >= 0.6 is 0 Å². The Morgan fingerprint density at radius 2 is 1.95 bits per heavy atom. The van der Waals surface area contributed by atoms with E-state index in [0.29, 0.717) is 12.2 Å². The highest BCUT2D eigenvalue weighted by Crippen LogP contribution is 2.11. The number of ether oxygens (including phenoxy) is 2. The Balaban J connectivity index is 2.13. The van der Waals surface area contributed by atoms with Crippen LogP contribution in [0.25, 0.3) is 0 Å². The maximum Gasteiger partial charge on any atom is 0.170 e. The molecular weight excluding hydrogens is 258 g/mol. The molecule has 0 saturated heterocycles. The molecular formula is C14H23N3O3. The molecule has 0 radical (unpaired) electrons. The lowest BCUT2D eigenvalue weighted by Crippen LogP contribution is -2.22. The fourth-order valence-electron chi connectivity index (χ4n) is 1.64. The minimum absolute atomic E-state index is 0.0919. The molecule has 6 nitrogen and oxygen atoms in total. The van der Waals surface area contributed by atoms with Crippen LogP contribution in [0, 0.1) is 0 Å². The Hall–Kier alpha value is -1.79. The van der Waals surface area contributed by atoms with E-state index >= 15 is 0 Å². The van der Waals surface area contributed by atoms with Crippen LogP contribution in [0.1, 0.15) is 18.4 Å². The number of hydrogen-bond acceptors (Lipinski definition) is 5. The number of rotatable bonds is 10. The van der Waals surface area contributed by atoms with E-state index in [9.17, 15) is 0 Å². The fourth-order valence-corrected chi connectivity index (χ4v) is 1.64. The predicted molar refractivity (Wildman–Crippen MR) is 78.4 cm³/mol. The second-order valence-electron chi connectivity index (χ2n) is 4.31. The zero-order valence-corrected chi connectivity index (χ0v) is 11.8. The molecule has 1 aromatic rings. The average molecular weight is 281 g/mol. The van der Waals surface area contributed by atoms with E-state index in [4.69, 9.17) is 20.4 Å². The molecule has 0 aliphatic rings. The number of unbranched alkanes of at least 4 members (excludes halogenated alkanes) is 1. The number of methoxy groups -OCH3 is 1. The molecule has 0 saturated carbocycles. The molecule has 1 aromatic carbocycles. The van der Waals surface area contributed by atoms with Crippen molar-refractivity contribution in [3.05, 3.63) is 29.8 Å². The van der Waals surface area contributed by atoms with Crippen molar-refractivity contribution in [2.75, 3.05) is 33.4 Å². The van der Waals surface area contributed by atoms with Gasteiger partial charge < -0.3 is 25.7 Å². The van der Waals surface area contributed by atoms with E-state index in [2.05, 4.69) is 10.5 Å². The summed E-state index contributed by atoms with van der Waals surface area (Å²) in [5.74, 6) is 0.856. The molecule has 112 valence electrons. The number of nitrogens with one attached hydrogen (secondary N) is 1. The van der Waals surface area contributed by atoms with Gasteiger partial charge in [-0.2, -0.15) is 0 Å². The number of amidine groups is 1. The maximum absolute atomic E-state index is 8.55. The molecule has 0 atom stereocenters. The SMILES string of the molecule is COCCCCNCCOc1ccc(C(N)=NO)cc1. The molecule has 20 heavy (non-hydrogen) atoms. The van der Waals surface area contributed by atoms with Crippen molar-refractivity contribution in [2.45, 2.75) is 12.8 Å². The number of benzene rings is 1. The molecule has 0 aliphatic heterocycles. The molecule has 0 fully saturated rings. The van der Waals surface area contributed by atoms with Gasteiger partial charge in [-0.25, -0.2) is 0 Å². The van der Waals surface area contributed by atoms with Gasteiger partial charge in [0.15, 0.2) is 5.84 Å². The lowest BCUT2D eigenvalue weighted by atomic mass is 10.2. The zero-order valence-electron chi connectivity index (χ0n) is 11.8. The van der Waals surface area contributed by atoms with Crippen LogP contribution in [0.15, 0.2) is 29.4 Å². The first-order chi connectivity index (χ1) is 9.77. The Morgan fingerprint density at radius 3 is 2.60 bits per heavy atom. The van der Waals surface area contributed by atoms with Gasteiger partial charge in [-0.1, -0.05) is 5.16 Å². The summed E-state index contributed by atoms with van der Waals surface area (Å²) in [6, 6.07) is 7.10. The predicted octanol–water partition coefficient (Wildman–Crippen LogP) is 1.18. The number of nitrogens with two attached hydrogens (primary N) is 1. The van der Waals surface area contributed by atoms with Crippen molar-refractivity contribution >= 4 is 5.84 Å². The molecule has 0 heterocycles. The summed E-state index contributed by atoms with van der Waals surface area (Å²) in [6.07, 6.45) is 2.17. The van der Waals surface area contributed by atoms with Crippen molar-refractivity contribution in [3.63, 3.8) is 0 Å². The van der Waals surface area contributed by atoms with Gasteiger partial charge in [0.05, 0.1) is 0 Å². The third kappa shape index (κ3) is 6.40. The van der Waals surface area contributed by atoms with Gasteiger partial charge in [0.25, 0.3) is 0 Å². The van der Waals surface area contributed by atoms with Crippen molar-refractivity contribution in [3.8, 4) is 5.75 Å². The van der Waals surface area contributed by atoms with Crippen molar-refractivity contribution < 1.29 is 14.7 Å². The molecule has 4 N–H and O–H groups in total. The summed E-state index contributed by atoms with van der Waals surface area (Å²) >= 11 is 0. The van der Waals surface area contributed by atoms with Gasteiger partial charge in [0, 0.05) is 25.8 Å². The summed E-state index contributed by atoms with van der Waals surface area (Å²) in [7, 11) is 1.71. The number of oxime groups is 1. The highest BCUT2D eigenvalue weighted by molar-refractivity contribution is 5.97. The standard InChI is InChI=1S/C14H23N3O3/c1-19-10-3-2-8-16-9-11-20-13-6-4-12(5-7-13)14(15)17-18/h4-7,16,18H,2-3,8-11H2,1H3,(H2,15,17). The van der Waals surface area contributed by atoms with E-state index in [1.54, 1.807) is 31.4 Å². The Morgan fingerprint density at radius 1 is 1.20 bits per heavy atom. The van der Waals surface area contributed by atoms with E-state index in [-0.39, 0.29) is 5.84 Å². The molecule has 0 unspecified atom stereocenters. The fraction of sp³-hybridized carbons (Fsp3) is 0.500. The molecule has 0 aliphatic carbocycles. The normalized spacial score (nSPS) is 11.6. The molecule has 0 aromatic heterocycles. The topological polar surface area (TPSA) is 89.1 Å². The third-order valence-corrected chi connectivity index (χ3v) is 2.76. The van der Waals surface area contributed by atoms with Gasteiger partial charge in [-0.3, -0.25) is 0 Å². The van der Waals surface area contributed by atoms with Crippen LogP contribution in [-0.2, 0) is 4.74 Å². The van der Waals surface area contributed by atoms with Crippen LogP contribution < -0.4 is 15.8 Å². The molecule has 0 bridgehead atoms. The summed E-state index contributed by atoms with van der Waals surface area (Å²) in [5.41, 5.74) is 6.14. The average Bonchev–Trinajstić information content (AvgIpc) is 2.50. The summed E-state index contributed by atoms with van der Waals surface area (Å²) in [4.78, 5) is 0. The molecule has 0 spiro atoms. The highest BCUT2D eigenvalue weighted by atomic mass is 16.5. The van der Waals surface area contributed by atoms with Crippen molar-refractivity contribution in [2.24, 2.45) is 10.9 Å². The van der Waals surface area contributed by atoms with Gasteiger partial charge in [-0.15, -0.1) is 0 Å².